The Bertz CT molecular complexity index is 592. The van der Waals surface area contributed by atoms with Crippen molar-refractivity contribution in [2.45, 2.75) is 38.8 Å². The number of likely N-dealkylation sites (tertiary alicyclic amines) is 1. The predicted octanol–water partition coefficient (Wildman–Crippen LogP) is 3.30. The molecule has 0 aliphatic carbocycles. The van der Waals surface area contributed by atoms with E-state index in [-0.39, 0.29) is 5.92 Å². The summed E-state index contributed by atoms with van der Waals surface area (Å²) < 4.78 is 12.4. The molecule has 126 valence electrons. The summed E-state index contributed by atoms with van der Waals surface area (Å²) in [4.78, 5) is 13.5. The summed E-state index contributed by atoms with van der Waals surface area (Å²) in [5.41, 5.74) is 1.11. The third-order valence-electron chi connectivity index (χ3n) is 4.61. The fourth-order valence-electron chi connectivity index (χ4n) is 3.21. The highest BCUT2D eigenvalue weighted by Gasteiger charge is 2.30. The van der Waals surface area contributed by atoms with Gasteiger partial charge in [0.2, 0.25) is 0 Å². The number of hydrogen-bond acceptors (Lipinski definition) is 4. The second-order valence-electron chi connectivity index (χ2n) is 6.35. The zero-order valence-corrected chi connectivity index (χ0v) is 14.8. The lowest BCUT2D eigenvalue weighted by atomic mass is 9.93. The molecule has 0 saturated carbocycles. The minimum absolute atomic E-state index is 0.268. The molecule has 1 fully saturated rings. The number of hydrogen-bond donors (Lipinski definition) is 1. The molecule has 0 bridgehead atoms. The molecule has 2 atom stereocenters. The van der Waals surface area contributed by atoms with Crippen LogP contribution in [0.25, 0.3) is 0 Å². The molecule has 2 unspecified atom stereocenters. The normalized spacial score (nSPS) is 25.0. The van der Waals surface area contributed by atoms with Crippen LogP contribution in [0.5, 0.6) is 11.5 Å². The van der Waals surface area contributed by atoms with E-state index in [4.69, 9.17) is 9.47 Å². The third kappa shape index (κ3) is 3.80. The number of benzene rings is 1. The van der Waals surface area contributed by atoms with Crippen LogP contribution in [0.1, 0.15) is 31.7 Å². The molecule has 1 saturated heterocycles. The van der Waals surface area contributed by atoms with Gasteiger partial charge in [0.15, 0.2) is 11.5 Å². The standard InChI is InChI=1S/C17H22BrNO4/c1-11-3-4-13(17(20)21)10-19(11)9-12-7-14(18)16-15(8-12)22-5-2-6-23-16/h7-8,11,13H,2-6,9-10H2,1H3,(H,20,21). The van der Waals surface area contributed by atoms with Crippen molar-refractivity contribution in [2.75, 3.05) is 19.8 Å². The number of rotatable bonds is 3. The van der Waals surface area contributed by atoms with E-state index in [9.17, 15) is 9.90 Å². The van der Waals surface area contributed by atoms with Crippen LogP contribution in [0.15, 0.2) is 16.6 Å². The van der Waals surface area contributed by atoms with Crippen LogP contribution in [-0.2, 0) is 11.3 Å². The highest BCUT2D eigenvalue weighted by Crippen LogP contribution is 2.39. The molecular formula is C17H22BrNO4. The maximum atomic E-state index is 11.3. The Labute approximate surface area is 144 Å². The van der Waals surface area contributed by atoms with Gasteiger partial charge in [-0.1, -0.05) is 0 Å². The van der Waals surface area contributed by atoms with Crippen LogP contribution < -0.4 is 9.47 Å². The van der Waals surface area contributed by atoms with Crippen LogP contribution in [0.4, 0.5) is 0 Å². The molecule has 6 heteroatoms. The van der Waals surface area contributed by atoms with Gasteiger partial charge in [0.25, 0.3) is 0 Å². The number of carboxylic acid groups (broad SMARTS) is 1. The van der Waals surface area contributed by atoms with Gasteiger partial charge in [0, 0.05) is 25.6 Å². The van der Waals surface area contributed by atoms with Crippen molar-refractivity contribution in [2.24, 2.45) is 5.92 Å². The molecule has 0 aromatic heterocycles. The highest BCUT2D eigenvalue weighted by molar-refractivity contribution is 9.10. The lowest BCUT2D eigenvalue weighted by Crippen LogP contribution is -2.43. The second kappa shape index (κ2) is 7.09. The van der Waals surface area contributed by atoms with E-state index in [1.54, 1.807) is 0 Å². The smallest absolute Gasteiger partial charge is 0.307 e. The molecule has 0 radical (unpaired) electrons. The minimum Gasteiger partial charge on any atom is -0.490 e. The minimum atomic E-state index is -0.693. The number of ether oxygens (including phenoxy) is 2. The number of fused-ring (bicyclic) bond motifs is 1. The number of halogens is 1. The average molecular weight is 384 g/mol. The molecule has 2 aliphatic heterocycles. The van der Waals surface area contributed by atoms with Crippen LogP contribution in [0.3, 0.4) is 0 Å². The van der Waals surface area contributed by atoms with Gasteiger partial charge in [-0.05, 0) is 53.4 Å². The molecule has 3 rings (SSSR count). The van der Waals surface area contributed by atoms with Gasteiger partial charge >= 0.3 is 5.97 Å². The first kappa shape index (κ1) is 16.6. The van der Waals surface area contributed by atoms with Gasteiger partial charge in [0.05, 0.1) is 23.6 Å². The highest BCUT2D eigenvalue weighted by atomic mass is 79.9. The molecule has 0 spiro atoms. The molecule has 0 amide bonds. The van der Waals surface area contributed by atoms with Gasteiger partial charge in [-0.2, -0.15) is 0 Å². The number of piperidine rings is 1. The fourth-order valence-corrected chi connectivity index (χ4v) is 3.82. The monoisotopic (exact) mass is 383 g/mol. The molecule has 2 aliphatic rings. The average Bonchev–Trinajstić information content (AvgIpc) is 2.75. The number of aliphatic carboxylic acids is 1. The van der Waals surface area contributed by atoms with E-state index >= 15 is 0 Å². The van der Waals surface area contributed by atoms with Crippen molar-refractivity contribution in [1.82, 2.24) is 4.90 Å². The Hall–Kier alpha value is -1.27. The molecule has 1 N–H and O–H groups in total. The zero-order valence-electron chi connectivity index (χ0n) is 13.3. The summed E-state index contributed by atoms with van der Waals surface area (Å²) in [5.74, 6) is 0.574. The maximum Gasteiger partial charge on any atom is 0.307 e. The summed E-state index contributed by atoms with van der Waals surface area (Å²) in [6, 6.07) is 4.45. The van der Waals surface area contributed by atoms with E-state index in [0.29, 0.717) is 25.8 Å². The first-order valence-corrected chi connectivity index (χ1v) is 8.88. The van der Waals surface area contributed by atoms with Gasteiger partial charge in [0.1, 0.15) is 0 Å². The maximum absolute atomic E-state index is 11.3. The Balaban J connectivity index is 1.78. The van der Waals surface area contributed by atoms with E-state index in [1.165, 1.54) is 0 Å². The molecule has 1 aromatic rings. The molecule has 23 heavy (non-hydrogen) atoms. The van der Waals surface area contributed by atoms with E-state index in [2.05, 4.69) is 27.8 Å². The first-order chi connectivity index (χ1) is 11.0. The van der Waals surface area contributed by atoms with Crippen LogP contribution >= 0.6 is 15.9 Å². The van der Waals surface area contributed by atoms with Gasteiger partial charge in [-0.15, -0.1) is 0 Å². The SMILES string of the molecule is CC1CCC(C(=O)O)CN1Cc1cc(Br)c2c(c1)OCCCO2. The summed E-state index contributed by atoms with van der Waals surface area (Å²) in [6.45, 7) is 4.80. The van der Waals surface area contributed by atoms with Crippen molar-refractivity contribution in [3.63, 3.8) is 0 Å². The topological polar surface area (TPSA) is 59.0 Å². The largest absolute Gasteiger partial charge is 0.490 e. The Kier molecular flexibility index (Phi) is 5.11. The summed E-state index contributed by atoms with van der Waals surface area (Å²) in [7, 11) is 0. The van der Waals surface area contributed by atoms with Crippen molar-refractivity contribution >= 4 is 21.9 Å². The summed E-state index contributed by atoms with van der Waals surface area (Å²) >= 11 is 3.56. The van der Waals surface area contributed by atoms with Crippen molar-refractivity contribution in [3.8, 4) is 11.5 Å². The van der Waals surface area contributed by atoms with Crippen LogP contribution in [0.2, 0.25) is 0 Å². The Morgan fingerprint density at radius 2 is 2.13 bits per heavy atom. The molecule has 5 nitrogen and oxygen atoms in total. The van der Waals surface area contributed by atoms with E-state index in [1.807, 2.05) is 12.1 Å². The number of carbonyl (C=O) groups is 1. The molecule has 2 heterocycles. The predicted molar refractivity (Wildman–Crippen MR) is 90.0 cm³/mol. The number of carboxylic acids is 1. The first-order valence-electron chi connectivity index (χ1n) is 8.09. The van der Waals surface area contributed by atoms with Crippen molar-refractivity contribution < 1.29 is 19.4 Å². The van der Waals surface area contributed by atoms with Crippen LogP contribution in [0, 0.1) is 5.92 Å². The quantitative estimate of drug-likeness (QED) is 0.867. The van der Waals surface area contributed by atoms with E-state index < -0.39 is 5.97 Å². The Morgan fingerprint density at radius 1 is 1.35 bits per heavy atom. The molecular weight excluding hydrogens is 362 g/mol. The van der Waals surface area contributed by atoms with Gasteiger partial charge in [-0.25, -0.2) is 0 Å². The fraction of sp³-hybridized carbons (Fsp3) is 0.588. The Morgan fingerprint density at radius 3 is 2.91 bits per heavy atom. The van der Waals surface area contributed by atoms with Gasteiger partial charge in [-0.3, -0.25) is 9.69 Å². The van der Waals surface area contributed by atoms with Crippen molar-refractivity contribution in [3.05, 3.63) is 22.2 Å². The van der Waals surface area contributed by atoms with Crippen molar-refractivity contribution in [1.29, 1.82) is 0 Å². The summed E-state index contributed by atoms with van der Waals surface area (Å²) in [6.07, 6.45) is 2.56. The number of nitrogens with zero attached hydrogens (tertiary/aromatic N) is 1. The third-order valence-corrected chi connectivity index (χ3v) is 5.20. The van der Waals surface area contributed by atoms with Gasteiger partial charge < -0.3 is 14.6 Å². The van der Waals surface area contributed by atoms with E-state index in [0.717, 1.165) is 47.3 Å². The zero-order chi connectivity index (χ0) is 16.4. The second-order valence-corrected chi connectivity index (χ2v) is 7.20. The summed E-state index contributed by atoms with van der Waals surface area (Å²) in [5, 5.41) is 9.27. The molecule has 1 aromatic carbocycles. The van der Waals surface area contributed by atoms with Crippen LogP contribution in [-0.4, -0.2) is 41.8 Å². The lowest BCUT2D eigenvalue weighted by Gasteiger charge is -2.36. The lowest BCUT2D eigenvalue weighted by molar-refractivity contribution is -0.144.